The zero-order chi connectivity index (χ0) is 18.8. The van der Waals surface area contributed by atoms with Gasteiger partial charge in [-0.05, 0) is 35.7 Å². The molecule has 3 N–H and O–H groups in total. The second-order valence-electron chi connectivity index (χ2n) is 6.55. The molecule has 0 saturated carbocycles. The van der Waals surface area contributed by atoms with E-state index in [4.69, 9.17) is 0 Å². The van der Waals surface area contributed by atoms with Crippen molar-refractivity contribution >= 4 is 39.1 Å². The lowest BCUT2D eigenvalue weighted by Gasteiger charge is -2.05. The summed E-state index contributed by atoms with van der Waals surface area (Å²) in [5.41, 5.74) is 4.01. The molecule has 2 aromatic heterocycles. The summed E-state index contributed by atoms with van der Waals surface area (Å²) in [5, 5.41) is 16.1. The molecule has 0 fully saturated rings. The van der Waals surface area contributed by atoms with Crippen LogP contribution in [0.2, 0.25) is 0 Å². The number of amides is 2. The fourth-order valence-corrected chi connectivity index (χ4v) is 3.54. The highest BCUT2D eigenvalue weighted by Gasteiger charge is 2.10. The Morgan fingerprint density at radius 3 is 2.63 bits per heavy atom. The molecule has 136 valence electrons. The van der Waals surface area contributed by atoms with E-state index >= 15 is 0 Å². The average molecular weight is 377 g/mol. The molecular formula is C20H19N5OS. The van der Waals surface area contributed by atoms with Gasteiger partial charge in [-0.1, -0.05) is 49.4 Å². The number of hydrogen-bond donors (Lipinski definition) is 3. The number of fused-ring (bicyclic) bond motifs is 1. The second kappa shape index (κ2) is 7.20. The summed E-state index contributed by atoms with van der Waals surface area (Å²) in [7, 11) is 0. The number of nitrogens with zero attached hydrogens (tertiary/aromatic N) is 2. The van der Waals surface area contributed by atoms with Crippen LogP contribution < -0.4 is 10.6 Å². The highest BCUT2D eigenvalue weighted by Crippen LogP contribution is 2.28. The van der Waals surface area contributed by atoms with E-state index in [1.807, 2.05) is 42.6 Å². The Hall–Kier alpha value is -3.19. The maximum absolute atomic E-state index is 12.2. The molecule has 2 heterocycles. The normalized spacial score (nSPS) is 11.1. The van der Waals surface area contributed by atoms with E-state index in [9.17, 15) is 4.79 Å². The number of aromatic nitrogens is 3. The number of nitrogens with one attached hydrogen (secondary N) is 3. The lowest BCUT2D eigenvalue weighted by Crippen LogP contribution is -2.19. The van der Waals surface area contributed by atoms with Crippen LogP contribution in [0.15, 0.2) is 54.7 Å². The van der Waals surface area contributed by atoms with Gasteiger partial charge in [-0.3, -0.25) is 5.32 Å². The number of aromatic amines is 1. The van der Waals surface area contributed by atoms with Crippen LogP contribution in [0, 0.1) is 0 Å². The van der Waals surface area contributed by atoms with Gasteiger partial charge in [0, 0.05) is 28.4 Å². The van der Waals surface area contributed by atoms with E-state index in [1.165, 1.54) is 16.9 Å². The third kappa shape index (κ3) is 3.83. The van der Waals surface area contributed by atoms with Crippen LogP contribution in [0.3, 0.4) is 0 Å². The van der Waals surface area contributed by atoms with Crippen molar-refractivity contribution in [3.8, 4) is 10.6 Å². The molecule has 0 atom stereocenters. The number of rotatable bonds is 4. The van der Waals surface area contributed by atoms with Crippen molar-refractivity contribution in [3.63, 3.8) is 0 Å². The van der Waals surface area contributed by atoms with Crippen molar-refractivity contribution in [1.29, 1.82) is 0 Å². The van der Waals surface area contributed by atoms with Crippen molar-refractivity contribution in [2.45, 2.75) is 19.8 Å². The lowest BCUT2D eigenvalue weighted by molar-refractivity contribution is 0.262. The van der Waals surface area contributed by atoms with Crippen molar-refractivity contribution in [2.75, 3.05) is 10.6 Å². The molecule has 4 rings (SSSR count). The zero-order valence-corrected chi connectivity index (χ0v) is 15.8. The molecule has 0 aliphatic heterocycles. The summed E-state index contributed by atoms with van der Waals surface area (Å²) in [5.74, 6) is 0.486. The van der Waals surface area contributed by atoms with Crippen molar-refractivity contribution in [2.24, 2.45) is 0 Å². The Morgan fingerprint density at radius 2 is 1.85 bits per heavy atom. The van der Waals surface area contributed by atoms with Gasteiger partial charge in [0.05, 0.1) is 0 Å². The van der Waals surface area contributed by atoms with Crippen LogP contribution in [-0.4, -0.2) is 21.2 Å². The third-order valence-electron chi connectivity index (χ3n) is 4.28. The molecule has 0 unspecified atom stereocenters. The van der Waals surface area contributed by atoms with Crippen molar-refractivity contribution in [1.82, 2.24) is 15.2 Å². The molecule has 0 saturated heterocycles. The quantitative estimate of drug-likeness (QED) is 0.442. The summed E-state index contributed by atoms with van der Waals surface area (Å²) in [6, 6.07) is 15.6. The van der Waals surface area contributed by atoms with E-state index in [1.54, 1.807) is 0 Å². The fraction of sp³-hybridized carbons (Fsp3) is 0.150. The van der Waals surface area contributed by atoms with Crippen molar-refractivity contribution < 1.29 is 4.79 Å². The van der Waals surface area contributed by atoms with Gasteiger partial charge in [0.1, 0.15) is 5.01 Å². The summed E-state index contributed by atoms with van der Waals surface area (Å²) in [4.78, 5) is 15.4. The van der Waals surface area contributed by atoms with Crippen LogP contribution in [0.1, 0.15) is 25.3 Å². The first-order valence-electron chi connectivity index (χ1n) is 8.67. The highest BCUT2D eigenvalue weighted by atomic mass is 32.1. The smallest absolute Gasteiger partial charge is 0.325 e. The number of benzene rings is 2. The van der Waals surface area contributed by atoms with E-state index in [-0.39, 0.29) is 6.03 Å². The number of carbonyl (C=O) groups is 1. The Labute approximate surface area is 160 Å². The monoisotopic (exact) mass is 377 g/mol. The molecular weight excluding hydrogens is 358 g/mol. The molecule has 7 heteroatoms. The summed E-state index contributed by atoms with van der Waals surface area (Å²) >= 11 is 1.34. The number of hydrogen-bond acceptors (Lipinski definition) is 4. The van der Waals surface area contributed by atoms with Crippen LogP contribution >= 0.6 is 11.3 Å². The lowest BCUT2D eigenvalue weighted by atomic mass is 10.0. The van der Waals surface area contributed by atoms with Gasteiger partial charge >= 0.3 is 6.03 Å². The van der Waals surface area contributed by atoms with Gasteiger partial charge in [0.25, 0.3) is 0 Å². The van der Waals surface area contributed by atoms with Gasteiger partial charge in [-0.25, -0.2) is 4.79 Å². The van der Waals surface area contributed by atoms with Gasteiger partial charge < -0.3 is 10.3 Å². The molecule has 0 bridgehead atoms. The van der Waals surface area contributed by atoms with E-state index in [0.717, 1.165) is 21.5 Å². The van der Waals surface area contributed by atoms with E-state index in [0.29, 0.717) is 16.7 Å². The molecule has 27 heavy (non-hydrogen) atoms. The number of anilines is 2. The SMILES string of the molecule is CC(C)c1ccc(-c2nnc(NC(=O)Nc3ccc4[nH]ccc4c3)s2)cc1. The van der Waals surface area contributed by atoms with E-state index < -0.39 is 0 Å². The first-order chi connectivity index (χ1) is 13.1. The minimum atomic E-state index is -0.345. The maximum atomic E-state index is 12.2. The zero-order valence-electron chi connectivity index (χ0n) is 15.0. The standard InChI is InChI=1S/C20H19N5OS/c1-12(2)13-3-5-14(6-4-13)18-24-25-20(27-18)23-19(26)22-16-7-8-17-15(11-16)9-10-21-17/h3-12,21H,1-2H3,(H2,22,23,25,26). The Kier molecular flexibility index (Phi) is 4.60. The molecule has 6 nitrogen and oxygen atoms in total. The van der Waals surface area contributed by atoms with Crippen LogP contribution in [-0.2, 0) is 0 Å². The first kappa shape index (κ1) is 17.2. The third-order valence-corrected chi connectivity index (χ3v) is 5.17. The van der Waals surface area contributed by atoms with Gasteiger partial charge in [0.15, 0.2) is 0 Å². The average Bonchev–Trinajstić information content (AvgIpc) is 3.30. The van der Waals surface area contributed by atoms with Crippen LogP contribution in [0.4, 0.5) is 15.6 Å². The van der Waals surface area contributed by atoms with E-state index in [2.05, 4.69) is 51.8 Å². The Morgan fingerprint density at radius 1 is 1.04 bits per heavy atom. The highest BCUT2D eigenvalue weighted by molar-refractivity contribution is 7.18. The molecule has 0 radical (unpaired) electrons. The maximum Gasteiger partial charge on any atom is 0.325 e. The minimum absolute atomic E-state index is 0.345. The largest absolute Gasteiger partial charge is 0.361 e. The molecule has 2 amide bonds. The Bertz CT molecular complexity index is 1080. The number of H-pyrrole nitrogens is 1. The van der Waals surface area contributed by atoms with Crippen LogP contribution in [0.5, 0.6) is 0 Å². The van der Waals surface area contributed by atoms with Gasteiger partial charge in [-0.15, -0.1) is 10.2 Å². The van der Waals surface area contributed by atoms with Gasteiger partial charge in [-0.2, -0.15) is 0 Å². The predicted octanol–water partition coefficient (Wildman–Crippen LogP) is 5.45. The predicted molar refractivity (Wildman–Crippen MR) is 110 cm³/mol. The van der Waals surface area contributed by atoms with Crippen LogP contribution in [0.25, 0.3) is 21.5 Å². The fourth-order valence-electron chi connectivity index (χ4n) is 2.79. The summed E-state index contributed by atoms with van der Waals surface area (Å²) in [6.45, 7) is 4.32. The first-order valence-corrected chi connectivity index (χ1v) is 9.49. The molecule has 4 aromatic rings. The summed E-state index contributed by atoms with van der Waals surface area (Å²) in [6.07, 6.45) is 1.87. The number of urea groups is 1. The Balaban J connectivity index is 1.43. The summed E-state index contributed by atoms with van der Waals surface area (Å²) < 4.78 is 0. The van der Waals surface area contributed by atoms with Crippen molar-refractivity contribution in [3.05, 3.63) is 60.3 Å². The molecule has 2 aromatic carbocycles. The molecule has 0 aliphatic carbocycles. The topological polar surface area (TPSA) is 82.7 Å². The molecule has 0 aliphatic rings. The van der Waals surface area contributed by atoms with Gasteiger partial charge in [0.2, 0.25) is 5.13 Å². The minimum Gasteiger partial charge on any atom is -0.361 e. The second-order valence-corrected chi connectivity index (χ2v) is 7.53. The number of carbonyl (C=O) groups excluding carboxylic acids is 1. The molecule has 0 spiro atoms.